The lowest BCUT2D eigenvalue weighted by Crippen LogP contribution is -2.10. The topological polar surface area (TPSA) is 101 Å². The van der Waals surface area contributed by atoms with Crippen molar-refractivity contribution in [1.82, 2.24) is 4.98 Å². The van der Waals surface area contributed by atoms with Crippen LogP contribution in [0.5, 0.6) is 0 Å². The van der Waals surface area contributed by atoms with Crippen LogP contribution in [0.2, 0.25) is 5.02 Å². The lowest BCUT2D eigenvalue weighted by atomic mass is 10.1. The summed E-state index contributed by atoms with van der Waals surface area (Å²) < 4.78 is 25.3. The molecule has 2 N–H and O–H groups in total. The fraction of sp³-hybridized carbons (Fsp3) is 0.0500. The number of sulfonamides is 1. The van der Waals surface area contributed by atoms with Gasteiger partial charge in [0.15, 0.2) is 5.17 Å². The molecule has 0 atom stereocenters. The molecule has 0 radical (unpaired) electrons. The van der Waals surface area contributed by atoms with E-state index in [1.165, 1.54) is 17.8 Å². The molecule has 0 saturated carbocycles. The summed E-state index contributed by atoms with van der Waals surface area (Å²) >= 11 is 7.37. The number of nitrogens with one attached hydrogen (secondary N) is 2. The van der Waals surface area contributed by atoms with Gasteiger partial charge in [-0.1, -0.05) is 23.7 Å². The van der Waals surface area contributed by atoms with Gasteiger partial charge >= 0.3 is 0 Å². The largest absolute Gasteiger partial charge is 0.333 e. The molecule has 0 spiro atoms. The highest BCUT2D eigenvalue weighted by molar-refractivity contribution is 8.18. The van der Waals surface area contributed by atoms with Crippen molar-refractivity contribution in [2.24, 2.45) is 4.99 Å². The minimum absolute atomic E-state index is 0.347. The lowest BCUT2D eigenvalue weighted by Gasteiger charge is -2.10. The summed E-state index contributed by atoms with van der Waals surface area (Å²) in [5.41, 5.74) is 2.52. The highest BCUT2D eigenvalue weighted by atomic mass is 35.5. The van der Waals surface area contributed by atoms with E-state index >= 15 is 0 Å². The van der Waals surface area contributed by atoms with Gasteiger partial charge in [0, 0.05) is 11.6 Å². The number of aliphatic imine (C=N–C) groups is 1. The second kappa shape index (κ2) is 8.10. The maximum Gasteiger partial charge on any atom is 0.286 e. The molecule has 10 heteroatoms. The Bertz CT molecular complexity index is 1340. The van der Waals surface area contributed by atoms with E-state index in [2.05, 4.69) is 20.0 Å². The first-order valence-corrected chi connectivity index (χ1v) is 11.8. The van der Waals surface area contributed by atoms with Crippen LogP contribution in [0.4, 0.5) is 11.4 Å². The highest BCUT2D eigenvalue weighted by Gasteiger charge is 2.22. The molecule has 152 valence electrons. The van der Waals surface area contributed by atoms with Gasteiger partial charge in [-0.15, -0.1) is 0 Å². The van der Waals surface area contributed by atoms with Crippen molar-refractivity contribution in [3.8, 4) is 0 Å². The number of aromatic nitrogens is 1. The Morgan fingerprint density at radius 2 is 1.97 bits per heavy atom. The Kier molecular flexibility index (Phi) is 5.50. The minimum Gasteiger partial charge on any atom is -0.333 e. The van der Waals surface area contributed by atoms with E-state index in [-0.39, 0.29) is 5.91 Å². The van der Waals surface area contributed by atoms with Crippen molar-refractivity contribution in [3.05, 3.63) is 70.2 Å². The molecule has 1 amide bonds. The summed E-state index contributed by atoms with van der Waals surface area (Å²) in [6, 6.07) is 14.2. The van der Waals surface area contributed by atoms with Crippen LogP contribution in [0.15, 0.2) is 64.6 Å². The monoisotopic (exact) mass is 458 g/mol. The van der Waals surface area contributed by atoms with Crippen molar-refractivity contribution in [2.75, 3.05) is 16.3 Å². The summed E-state index contributed by atoms with van der Waals surface area (Å²) in [5.74, 6) is -0.365. The Morgan fingerprint density at radius 1 is 1.13 bits per heavy atom. The third-order valence-corrected chi connectivity index (χ3v) is 5.89. The minimum atomic E-state index is -3.43. The molecular formula is C20H15ClN4O3S2. The van der Waals surface area contributed by atoms with Crippen LogP contribution in [0.3, 0.4) is 0 Å². The Hall–Kier alpha value is -2.88. The summed E-state index contributed by atoms with van der Waals surface area (Å²) in [6.07, 6.45) is 4.55. The van der Waals surface area contributed by atoms with Crippen LogP contribution >= 0.6 is 23.4 Å². The molecule has 2 aromatic carbocycles. The lowest BCUT2D eigenvalue weighted by molar-refractivity contribution is -0.113. The molecule has 1 aliphatic rings. The number of amides is 1. The zero-order chi connectivity index (χ0) is 21.3. The number of carbonyl (C=O) groups excluding carboxylic acids is 1. The van der Waals surface area contributed by atoms with E-state index in [1.807, 2.05) is 30.3 Å². The van der Waals surface area contributed by atoms with Gasteiger partial charge in [-0.3, -0.25) is 14.5 Å². The van der Waals surface area contributed by atoms with Crippen LogP contribution in [0.25, 0.3) is 17.0 Å². The highest BCUT2D eigenvalue weighted by Crippen LogP contribution is 2.32. The average Bonchev–Trinajstić information content (AvgIpc) is 3.02. The number of hydrogen-bond acceptors (Lipinski definition) is 6. The number of fused-ring (bicyclic) bond motifs is 1. The van der Waals surface area contributed by atoms with Crippen molar-refractivity contribution in [2.45, 2.75) is 0 Å². The van der Waals surface area contributed by atoms with Gasteiger partial charge in [-0.2, -0.15) is 4.99 Å². The first-order valence-electron chi connectivity index (χ1n) is 8.68. The van der Waals surface area contributed by atoms with Gasteiger partial charge in [0.25, 0.3) is 5.91 Å². The molecule has 4 rings (SSSR count). The van der Waals surface area contributed by atoms with E-state index < -0.39 is 10.0 Å². The molecule has 0 fully saturated rings. The smallest absolute Gasteiger partial charge is 0.286 e. The number of halogens is 1. The maximum absolute atomic E-state index is 12.3. The molecule has 0 saturated heterocycles. The molecular weight excluding hydrogens is 444 g/mol. The third-order valence-electron chi connectivity index (χ3n) is 4.06. The number of amidine groups is 1. The zero-order valence-corrected chi connectivity index (χ0v) is 18.0. The van der Waals surface area contributed by atoms with Gasteiger partial charge < -0.3 is 5.32 Å². The summed E-state index contributed by atoms with van der Waals surface area (Å²) in [6.45, 7) is 0. The number of pyridine rings is 1. The molecule has 7 nitrogen and oxygen atoms in total. The van der Waals surface area contributed by atoms with Gasteiger partial charge in [0.1, 0.15) is 0 Å². The molecule has 2 heterocycles. The average molecular weight is 459 g/mol. The number of carbonyl (C=O) groups is 1. The fourth-order valence-corrected chi connectivity index (χ4v) is 4.36. The van der Waals surface area contributed by atoms with Crippen LogP contribution in [-0.2, 0) is 14.8 Å². The van der Waals surface area contributed by atoms with E-state index in [0.717, 1.165) is 22.7 Å². The maximum atomic E-state index is 12.3. The normalized spacial score (nSPS) is 15.5. The standard InChI is InChI=1S/C20H15ClN4O3S2/c1-30(27,28)25-14-5-6-15(21)17(11-14)23-20-24-19(26)18(29-20)10-12-4-7-16-13(9-12)3-2-8-22-16/h2-11,25H,1H3,(H,23,24,26). The fourth-order valence-electron chi connectivity index (χ4n) is 2.81. The number of thioether (sulfide) groups is 1. The summed E-state index contributed by atoms with van der Waals surface area (Å²) in [5, 5.41) is 4.68. The third kappa shape index (κ3) is 4.81. The van der Waals surface area contributed by atoms with Crippen LogP contribution in [0, 0.1) is 0 Å². The van der Waals surface area contributed by atoms with Crippen molar-refractivity contribution in [3.63, 3.8) is 0 Å². The molecule has 0 unspecified atom stereocenters. The first-order chi connectivity index (χ1) is 14.3. The summed E-state index contributed by atoms with van der Waals surface area (Å²) in [7, 11) is -3.43. The Balaban J connectivity index is 1.54. The van der Waals surface area contributed by atoms with Crippen LogP contribution in [-0.4, -0.2) is 30.7 Å². The molecule has 3 aromatic rings. The van der Waals surface area contributed by atoms with E-state index in [9.17, 15) is 13.2 Å². The van der Waals surface area contributed by atoms with Crippen molar-refractivity contribution in [1.29, 1.82) is 0 Å². The number of nitrogens with zero attached hydrogens (tertiary/aromatic N) is 2. The number of anilines is 2. The Morgan fingerprint density at radius 3 is 2.77 bits per heavy atom. The summed E-state index contributed by atoms with van der Waals surface area (Å²) in [4.78, 5) is 21.1. The van der Waals surface area contributed by atoms with Gasteiger partial charge in [0.05, 0.1) is 33.1 Å². The first kappa shape index (κ1) is 20.4. The van der Waals surface area contributed by atoms with E-state index in [1.54, 1.807) is 24.4 Å². The molecule has 0 bridgehead atoms. The number of rotatable bonds is 4. The molecule has 30 heavy (non-hydrogen) atoms. The predicted octanol–water partition coefficient (Wildman–Crippen LogP) is 4.34. The van der Waals surface area contributed by atoms with Crippen LogP contribution < -0.4 is 10.0 Å². The van der Waals surface area contributed by atoms with Crippen molar-refractivity contribution < 1.29 is 13.2 Å². The van der Waals surface area contributed by atoms with Crippen molar-refractivity contribution >= 4 is 72.8 Å². The van der Waals surface area contributed by atoms with Gasteiger partial charge in [-0.05, 0) is 59.8 Å². The van der Waals surface area contributed by atoms with Gasteiger partial charge in [-0.25, -0.2) is 8.42 Å². The zero-order valence-electron chi connectivity index (χ0n) is 15.6. The second-order valence-corrected chi connectivity index (χ2v) is 9.67. The van der Waals surface area contributed by atoms with Gasteiger partial charge in [0.2, 0.25) is 10.0 Å². The Labute approximate surface area is 182 Å². The van der Waals surface area contributed by atoms with Crippen LogP contribution in [0.1, 0.15) is 5.56 Å². The van der Waals surface area contributed by atoms with E-state index in [4.69, 9.17) is 11.6 Å². The SMILES string of the molecule is CS(=O)(=O)Nc1ccc(Cl)c(NC2=NC(=O)C(=Cc3ccc4ncccc4c3)S2)c1. The number of benzene rings is 2. The molecule has 1 aromatic heterocycles. The number of hydrogen-bond donors (Lipinski definition) is 2. The quantitative estimate of drug-likeness (QED) is 0.564. The second-order valence-electron chi connectivity index (χ2n) is 6.48. The molecule has 0 aliphatic carbocycles. The van der Waals surface area contributed by atoms with E-state index in [0.29, 0.717) is 26.5 Å². The molecule has 1 aliphatic heterocycles. The predicted molar refractivity (Wildman–Crippen MR) is 123 cm³/mol.